The number of carboxylic acid groups (broad SMARTS) is 1. The zero-order valence-corrected chi connectivity index (χ0v) is 11.9. The highest BCUT2D eigenvalue weighted by molar-refractivity contribution is 6.42. The fraction of sp³-hybridized carbons (Fsp3) is 0.417. The molecule has 0 aromatic heterocycles. The van der Waals surface area contributed by atoms with Crippen LogP contribution in [0.2, 0.25) is 10.0 Å². The topological polar surface area (TPSA) is 49.3 Å². The molecule has 1 aromatic rings. The number of carboxylic acids is 1. The van der Waals surface area contributed by atoms with Crippen molar-refractivity contribution in [3.05, 3.63) is 28.2 Å². The third-order valence-corrected chi connectivity index (χ3v) is 2.65. The fourth-order valence-corrected chi connectivity index (χ4v) is 1.29. The van der Waals surface area contributed by atoms with E-state index in [1.165, 1.54) is 0 Å². The SMILES string of the molecule is CC.CC(C)(Nc1ccc(Cl)c(Cl)c1)C(=O)O. The van der Waals surface area contributed by atoms with Crippen LogP contribution in [-0.4, -0.2) is 16.6 Å². The van der Waals surface area contributed by atoms with Crippen molar-refractivity contribution >= 4 is 34.9 Å². The Morgan fingerprint density at radius 1 is 1.24 bits per heavy atom. The zero-order chi connectivity index (χ0) is 13.6. The molecule has 0 aliphatic rings. The lowest BCUT2D eigenvalue weighted by molar-refractivity contribution is -0.141. The van der Waals surface area contributed by atoms with Crippen LogP contribution in [0, 0.1) is 0 Å². The number of nitrogens with one attached hydrogen (secondary N) is 1. The predicted octanol–water partition coefficient (Wildman–Crippen LogP) is 4.29. The van der Waals surface area contributed by atoms with E-state index in [9.17, 15) is 4.79 Å². The quantitative estimate of drug-likeness (QED) is 0.866. The molecule has 0 atom stereocenters. The summed E-state index contributed by atoms with van der Waals surface area (Å²) in [6.07, 6.45) is 0. The maximum atomic E-state index is 10.9. The molecule has 0 fully saturated rings. The van der Waals surface area contributed by atoms with Crippen molar-refractivity contribution < 1.29 is 9.90 Å². The molecule has 3 nitrogen and oxygen atoms in total. The van der Waals surface area contributed by atoms with Gasteiger partial charge < -0.3 is 10.4 Å². The zero-order valence-electron chi connectivity index (χ0n) is 10.3. The van der Waals surface area contributed by atoms with E-state index in [1.807, 2.05) is 13.8 Å². The summed E-state index contributed by atoms with van der Waals surface area (Å²) in [5.74, 6) is -0.937. The van der Waals surface area contributed by atoms with Crippen molar-refractivity contribution in [2.24, 2.45) is 0 Å². The van der Waals surface area contributed by atoms with Gasteiger partial charge in [0.2, 0.25) is 0 Å². The van der Waals surface area contributed by atoms with Gasteiger partial charge in [0.1, 0.15) is 5.54 Å². The average Bonchev–Trinajstić information content (AvgIpc) is 2.26. The molecule has 0 spiro atoms. The van der Waals surface area contributed by atoms with Crippen LogP contribution in [-0.2, 0) is 4.79 Å². The van der Waals surface area contributed by atoms with Gasteiger partial charge in [0.25, 0.3) is 0 Å². The third-order valence-electron chi connectivity index (χ3n) is 1.91. The summed E-state index contributed by atoms with van der Waals surface area (Å²) in [6, 6.07) is 4.89. The molecular weight excluding hydrogens is 261 g/mol. The van der Waals surface area contributed by atoms with E-state index < -0.39 is 11.5 Å². The van der Waals surface area contributed by atoms with Crippen LogP contribution in [0.4, 0.5) is 5.69 Å². The first-order valence-electron chi connectivity index (χ1n) is 5.29. The minimum atomic E-state index is -1.04. The maximum absolute atomic E-state index is 10.9. The van der Waals surface area contributed by atoms with E-state index in [-0.39, 0.29) is 0 Å². The number of anilines is 1. The molecule has 0 amide bonds. The normalized spacial score (nSPS) is 10.2. The van der Waals surface area contributed by atoms with Crippen LogP contribution in [0.15, 0.2) is 18.2 Å². The molecule has 17 heavy (non-hydrogen) atoms. The Bertz CT molecular complexity index is 392. The summed E-state index contributed by atoms with van der Waals surface area (Å²) < 4.78 is 0. The first kappa shape index (κ1) is 16.1. The molecule has 0 aliphatic carbocycles. The molecule has 0 aliphatic heterocycles. The van der Waals surface area contributed by atoms with E-state index in [1.54, 1.807) is 32.0 Å². The summed E-state index contributed by atoms with van der Waals surface area (Å²) in [6.45, 7) is 7.13. The van der Waals surface area contributed by atoms with Gasteiger partial charge in [-0.15, -0.1) is 0 Å². The fourth-order valence-electron chi connectivity index (χ4n) is 0.988. The van der Waals surface area contributed by atoms with Gasteiger partial charge in [-0.3, -0.25) is 0 Å². The molecule has 0 saturated carbocycles. The lowest BCUT2D eigenvalue weighted by atomic mass is 10.1. The smallest absolute Gasteiger partial charge is 0.328 e. The van der Waals surface area contributed by atoms with Gasteiger partial charge in [0.05, 0.1) is 10.0 Å². The van der Waals surface area contributed by atoms with Crippen molar-refractivity contribution in [2.45, 2.75) is 33.2 Å². The second-order valence-electron chi connectivity index (χ2n) is 3.68. The molecular formula is C12H17Cl2NO2. The van der Waals surface area contributed by atoms with Crippen molar-refractivity contribution in [1.82, 2.24) is 0 Å². The van der Waals surface area contributed by atoms with E-state index in [0.717, 1.165) is 0 Å². The molecule has 5 heteroatoms. The predicted molar refractivity (Wildman–Crippen MR) is 73.1 cm³/mol. The summed E-state index contributed by atoms with van der Waals surface area (Å²) in [4.78, 5) is 10.9. The Labute approximate surface area is 112 Å². The van der Waals surface area contributed by atoms with Gasteiger partial charge in [-0.25, -0.2) is 4.79 Å². The minimum absolute atomic E-state index is 0.392. The first-order chi connectivity index (χ1) is 7.83. The van der Waals surface area contributed by atoms with Crippen molar-refractivity contribution in [3.8, 4) is 0 Å². The monoisotopic (exact) mass is 277 g/mol. The lowest BCUT2D eigenvalue weighted by Gasteiger charge is -2.22. The third kappa shape index (κ3) is 4.84. The lowest BCUT2D eigenvalue weighted by Crippen LogP contribution is -2.39. The highest BCUT2D eigenvalue weighted by Crippen LogP contribution is 2.26. The van der Waals surface area contributed by atoms with Crippen LogP contribution in [0.5, 0.6) is 0 Å². The number of rotatable bonds is 3. The molecule has 0 bridgehead atoms. The van der Waals surface area contributed by atoms with Gasteiger partial charge in [-0.05, 0) is 32.0 Å². The largest absolute Gasteiger partial charge is 0.480 e. The molecule has 0 heterocycles. The Balaban J connectivity index is 0.00000121. The van der Waals surface area contributed by atoms with Crippen LogP contribution < -0.4 is 5.32 Å². The van der Waals surface area contributed by atoms with Crippen LogP contribution in [0.1, 0.15) is 27.7 Å². The van der Waals surface area contributed by atoms with E-state index >= 15 is 0 Å². The van der Waals surface area contributed by atoms with Gasteiger partial charge in [-0.2, -0.15) is 0 Å². The summed E-state index contributed by atoms with van der Waals surface area (Å²) in [5.41, 5.74) is -0.422. The van der Waals surface area contributed by atoms with Crippen molar-refractivity contribution in [3.63, 3.8) is 0 Å². The Morgan fingerprint density at radius 2 is 1.76 bits per heavy atom. The van der Waals surface area contributed by atoms with Gasteiger partial charge >= 0.3 is 5.97 Å². The molecule has 1 rings (SSSR count). The van der Waals surface area contributed by atoms with Gasteiger partial charge in [0.15, 0.2) is 0 Å². The summed E-state index contributed by atoms with van der Waals surface area (Å²) >= 11 is 11.5. The summed E-state index contributed by atoms with van der Waals surface area (Å²) in [7, 11) is 0. The Kier molecular flexibility index (Phi) is 6.35. The highest BCUT2D eigenvalue weighted by atomic mass is 35.5. The number of benzene rings is 1. The molecule has 1 aromatic carbocycles. The Morgan fingerprint density at radius 3 is 2.18 bits per heavy atom. The van der Waals surface area contributed by atoms with Crippen LogP contribution >= 0.6 is 23.2 Å². The second-order valence-corrected chi connectivity index (χ2v) is 4.50. The van der Waals surface area contributed by atoms with Gasteiger partial charge in [-0.1, -0.05) is 37.0 Å². The standard InChI is InChI=1S/C10H11Cl2NO2.C2H6/c1-10(2,9(14)15)13-6-3-4-7(11)8(12)5-6;1-2/h3-5,13H,1-2H3,(H,14,15);1-2H3. The molecule has 2 N–H and O–H groups in total. The van der Waals surface area contributed by atoms with Crippen LogP contribution in [0.25, 0.3) is 0 Å². The van der Waals surface area contributed by atoms with Crippen molar-refractivity contribution in [1.29, 1.82) is 0 Å². The molecule has 96 valence electrons. The number of aliphatic carboxylic acids is 1. The number of carbonyl (C=O) groups is 1. The highest BCUT2D eigenvalue weighted by Gasteiger charge is 2.26. The molecule has 0 unspecified atom stereocenters. The van der Waals surface area contributed by atoms with Crippen molar-refractivity contribution in [2.75, 3.05) is 5.32 Å². The molecule has 0 radical (unpaired) electrons. The van der Waals surface area contributed by atoms with E-state index in [0.29, 0.717) is 15.7 Å². The van der Waals surface area contributed by atoms with E-state index in [4.69, 9.17) is 28.3 Å². The molecule has 0 saturated heterocycles. The maximum Gasteiger partial charge on any atom is 0.328 e. The van der Waals surface area contributed by atoms with Crippen LogP contribution in [0.3, 0.4) is 0 Å². The summed E-state index contributed by atoms with van der Waals surface area (Å²) in [5, 5.41) is 12.6. The number of halogens is 2. The Hall–Kier alpha value is -0.930. The number of hydrogen-bond acceptors (Lipinski definition) is 2. The van der Waals surface area contributed by atoms with Gasteiger partial charge in [0, 0.05) is 5.69 Å². The average molecular weight is 278 g/mol. The first-order valence-corrected chi connectivity index (χ1v) is 6.05. The number of hydrogen-bond donors (Lipinski definition) is 2. The second kappa shape index (κ2) is 6.72. The minimum Gasteiger partial charge on any atom is -0.480 e. The van der Waals surface area contributed by atoms with E-state index in [2.05, 4.69) is 5.32 Å².